The highest BCUT2D eigenvalue weighted by Gasteiger charge is 2.17. The maximum absolute atomic E-state index is 9.17. The van der Waals surface area contributed by atoms with E-state index in [0.717, 1.165) is 0 Å². The van der Waals surface area contributed by atoms with E-state index >= 15 is 0 Å². The van der Waals surface area contributed by atoms with Crippen LogP contribution in [0.25, 0.3) is 0 Å². The van der Waals surface area contributed by atoms with Crippen LogP contribution in [-0.4, -0.2) is 27.3 Å². The zero-order chi connectivity index (χ0) is 10.0. The van der Waals surface area contributed by atoms with Gasteiger partial charge in [0.05, 0.1) is 6.10 Å². The third-order valence-corrected chi connectivity index (χ3v) is 1.96. The van der Waals surface area contributed by atoms with Gasteiger partial charge in [-0.1, -0.05) is 17.7 Å². The predicted molar refractivity (Wildman–Crippen MR) is 49.7 cm³/mol. The summed E-state index contributed by atoms with van der Waals surface area (Å²) in [5.41, 5.74) is 0.590. The second-order valence-corrected chi connectivity index (χ2v) is 3.06. The Bertz CT molecular complexity index is 306. The lowest BCUT2D eigenvalue weighted by Crippen LogP contribution is -2.32. The molecule has 0 bridgehead atoms. The summed E-state index contributed by atoms with van der Waals surface area (Å²) in [4.78, 5) is 3.71. The lowest BCUT2D eigenvalue weighted by atomic mass is 9.80. The van der Waals surface area contributed by atoms with E-state index in [1.165, 1.54) is 12.3 Å². The second kappa shape index (κ2) is 4.06. The quantitative estimate of drug-likeness (QED) is 0.444. The van der Waals surface area contributed by atoms with Crippen LogP contribution in [0.4, 0.5) is 0 Å². The Balaban J connectivity index is 3.11. The van der Waals surface area contributed by atoms with E-state index in [-0.39, 0.29) is 10.6 Å². The van der Waals surface area contributed by atoms with Crippen LogP contribution in [0.15, 0.2) is 12.3 Å². The van der Waals surface area contributed by atoms with Crippen molar-refractivity contribution < 1.29 is 15.2 Å². The van der Waals surface area contributed by atoms with Crippen molar-refractivity contribution in [2.75, 3.05) is 0 Å². The number of pyridine rings is 1. The molecule has 0 spiro atoms. The van der Waals surface area contributed by atoms with E-state index in [0.29, 0.717) is 5.56 Å². The van der Waals surface area contributed by atoms with E-state index in [1.807, 2.05) is 0 Å². The van der Waals surface area contributed by atoms with Gasteiger partial charge in [-0.2, -0.15) is 0 Å². The number of nitrogens with zero attached hydrogens (tertiary/aromatic N) is 1. The third-order valence-electron chi connectivity index (χ3n) is 1.65. The normalized spacial score (nSPS) is 12.7. The lowest BCUT2D eigenvalue weighted by Gasteiger charge is -2.07. The van der Waals surface area contributed by atoms with Gasteiger partial charge < -0.3 is 15.2 Å². The van der Waals surface area contributed by atoms with Gasteiger partial charge in [-0.15, -0.1) is 0 Å². The average molecular weight is 201 g/mol. The monoisotopic (exact) mass is 201 g/mol. The number of aliphatic hydroxyl groups is 1. The molecule has 0 amide bonds. The molecule has 4 nitrogen and oxygen atoms in total. The maximum atomic E-state index is 9.17. The van der Waals surface area contributed by atoms with Crippen molar-refractivity contribution >= 4 is 24.2 Å². The van der Waals surface area contributed by atoms with Gasteiger partial charge in [0.15, 0.2) is 0 Å². The van der Waals surface area contributed by atoms with E-state index in [9.17, 15) is 5.11 Å². The van der Waals surface area contributed by atoms with Gasteiger partial charge in [-0.05, 0) is 12.5 Å². The number of aromatic nitrogens is 1. The zero-order valence-corrected chi connectivity index (χ0v) is 7.73. The van der Waals surface area contributed by atoms with Gasteiger partial charge in [0.25, 0.3) is 0 Å². The van der Waals surface area contributed by atoms with Gasteiger partial charge in [-0.3, -0.25) is 0 Å². The molecule has 1 aromatic heterocycles. The minimum atomic E-state index is -1.67. The lowest BCUT2D eigenvalue weighted by molar-refractivity contribution is 0.199. The first kappa shape index (κ1) is 10.5. The van der Waals surface area contributed by atoms with E-state index < -0.39 is 13.2 Å². The van der Waals surface area contributed by atoms with Crippen molar-refractivity contribution in [1.82, 2.24) is 4.98 Å². The molecular formula is C7H9BClNO3. The summed E-state index contributed by atoms with van der Waals surface area (Å²) in [6.45, 7) is 1.55. The Kier molecular flexibility index (Phi) is 3.27. The number of rotatable bonds is 2. The van der Waals surface area contributed by atoms with Gasteiger partial charge in [0, 0.05) is 11.7 Å². The number of hydrogen-bond acceptors (Lipinski definition) is 4. The number of aliphatic hydroxyl groups excluding tert-OH is 1. The molecule has 0 aliphatic rings. The molecule has 1 heterocycles. The molecule has 13 heavy (non-hydrogen) atoms. The smallest absolute Gasteiger partial charge is 0.423 e. The van der Waals surface area contributed by atoms with Gasteiger partial charge in [-0.25, -0.2) is 4.98 Å². The van der Waals surface area contributed by atoms with E-state index in [2.05, 4.69) is 4.98 Å². The maximum Gasteiger partial charge on any atom is 0.491 e. The van der Waals surface area contributed by atoms with Crippen LogP contribution in [0, 0.1) is 0 Å². The third kappa shape index (κ3) is 2.41. The fourth-order valence-corrected chi connectivity index (χ4v) is 1.09. The minimum absolute atomic E-state index is 0.0272. The van der Waals surface area contributed by atoms with Crippen molar-refractivity contribution in [2.24, 2.45) is 0 Å². The van der Waals surface area contributed by atoms with Gasteiger partial charge >= 0.3 is 7.12 Å². The highest BCUT2D eigenvalue weighted by Crippen LogP contribution is 2.11. The van der Waals surface area contributed by atoms with Crippen LogP contribution in [0.3, 0.4) is 0 Å². The molecule has 70 valence electrons. The first-order valence-electron chi connectivity index (χ1n) is 3.72. The molecule has 0 aliphatic heterocycles. The number of halogens is 1. The topological polar surface area (TPSA) is 73.6 Å². The summed E-state index contributed by atoms with van der Waals surface area (Å²) in [6.07, 6.45) is 0.682. The Labute approximate surface area is 81.0 Å². The molecule has 0 fully saturated rings. The molecule has 3 N–H and O–H groups in total. The SMILES string of the molecule is CC(O)c1cnc(Cl)c(B(O)O)c1. The van der Waals surface area contributed by atoms with E-state index in [4.69, 9.17) is 21.6 Å². The van der Waals surface area contributed by atoms with Crippen LogP contribution in [0.2, 0.25) is 5.15 Å². The Morgan fingerprint density at radius 2 is 2.15 bits per heavy atom. The standard InChI is InChI=1S/C7H9BClNO3/c1-4(11)5-2-6(8(12)13)7(9)10-3-5/h2-4,11-13H,1H3. The minimum Gasteiger partial charge on any atom is -0.423 e. The largest absolute Gasteiger partial charge is 0.491 e. The summed E-state index contributed by atoms with van der Waals surface area (Å²) >= 11 is 5.58. The van der Waals surface area contributed by atoms with Crippen molar-refractivity contribution in [1.29, 1.82) is 0 Å². The molecule has 0 radical (unpaired) electrons. The van der Waals surface area contributed by atoms with Gasteiger partial charge in [0.2, 0.25) is 0 Å². The second-order valence-electron chi connectivity index (χ2n) is 2.70. The first-order chi connectivity index (χ1) is 6.02. The fraction of sp³-hybridized carbons (Fsp3) is 0.286. The molecule has 6 heteroatoms. The number of hydrogen-bond donors (Lipinski definition) is 3. The first-order valence-corrected chi connectivity index (χ1v) is 4.09. The zero-order valence-electron chi connectivity index (χ0n) is 6.98. The van der Waals surface area contributed by atoms with Gasteiger partial charge in [0.1, 0.15) is 5.15 Å². The molecule has 0 aromatic carbocycles. The average Bonchev–Trinajstić information content (AvgIpc) is 2.04. The van der Waals surface area contributed by atoms with Crippen LogP contribution in [0.5, 0.6) is 0 Å². The Morgan fingerprint density at radius 3 is 2.62 bits per heavy atom. The highest BCUT2D eigenvalue weighted by molar-refractivity contribution is 6.62. The van der Waals surface area contributed by atoms with E-state index in [1.54, 1.807) is 6.92 Å². The van der Waals surface area contributed by atoms with Crippen molar-refractivity contribution in [3.05, 3.63) is 23.0 Å². The van der Waals surface area contributed by atoms with Crippen molar-refractivity contribution in [3.8, 4) is 0 Å². The summed E-state index contributed by atoms with van der Waals surface area (Å²) < 4.78 is 0. The molecule has 0 saturated carbocycles. The van der Waals surface area contributed by atoms with Crippen LogP contribution in [0.1, 0.15) is 18.6 Å². The van der Waals surface area contributed by atoms with Crippen LogP contribution < -0.4 is 5.46 Å². The fourth-order valence-electron chi connectivity index (χ4n) is 0.892. The Hall–Kier alpha value is -0.615. The Morgan fingerprint density at radius 1 is 1.54 bits per heavy atom. The summed E-state index contributed by atoms with van der Waals surface area (Å²) in [5.74, 6) is 0. The molecule has 1 atom stereocenters. The highest BCUT2D eigenvalue weighted by atomic mass is 35.5. The van der Waals surface area contributed by atoms with Crippen LogP contribution in [-0.2, 0) is 0 Å². The molecular weight excluding hydrogens is 192 g/mol. The van der Waals surface area contributed by atoms with Crippen molar-refractivity contribution in [3.63, 3.8) is 0 Å². The summed E-state index contributed by atoms with van der Waals surface area (Å²) in [7, 11) is -1.67. The molecule has 1 unspecified atom stereocenters. The molecule has 0 saturated heterocycles. The van der Waals surface area contributed by atoms with Crippen LogP contribution >= 0.6 is 11.6 Å². The van der Waals surface area contributed by atoms with Crippen molar-refractivity contribution in [2.45, 2.75) is 13.0 Å². The summed E-state index contributed by atoms with van der Waals surface area (Å²) in [6, 6.07) is 1.41. The molecule has 1 aromatic rings. The predicted octanol–water partition coefficient (Wildman–Crippen LogP) is -0.532. The molecule has 1 rings (SSSR count). The molecule has 0 aliphatic carbocycles. The summed E-state index contributed by atoms with van der Waals surface area (Å²) in [5, 5.41) is 26.9.